The van der Waals surface area contributed by atoms with Crippen molar-refractivity contribution in [2.75, 3.05) is 0 Å². The second-order valence-electron chi connectivity index (χ2n) is 2.92. The number of hydrogen-bond acceptors (Lipinski definition) is 4. The van der Waals surface area contributed by atoms with Crippen LogP contribution in [0.5, 0.6) is 5.75 Å². The van der Waals surface area contributed by atoms with Crippen molar-refractivity contribution in [2.24, 2.45) is 0 Å². The molecule has 1 aromatic carbocycles. The average molecular weight is 200 g/mol. The summed E-state index contributed by atoms with van der Waals surface area (Å²) in [4.78, 5) is 19.4. The average Bonchev–Trinajstić information content (AvgIpc) is 2.30. The number of hydrogen-bond donors (Lipinski definition) is 1. The minimum Gasteiger partial charge on any atom is -0.507 e. The molecule has 4 nitrogen and oxygen atoms in total. The standard InChI is InChI=1S/C11H8N2O2/c14-9-5-2-1-4-8(9)10(15)11-12-6-3-7-13-11/h1-7,14H. The third-order valence-electron chi connectivity index (χ3n) is 1.92. The predicted molar refractivity (Wildman–Crippen MR) is 53.6 cm³/mol. The van der Waals surface area contributed by atoms with Crippen molar-refractivity contribution in [3.63, 3.8) is 0 Å². The lowest BCUT2D eigenvalue weighted by atomic mass is 10.1. The number of benzene rings is 1. The van der Waals surface area contributed by atoms with Gasteiger partial charge in [0.15, 0.2) is 0 Å². The van der Waals surface area contributed by atoms with Crippen LogP contribution in [0, 0.1) is 0 Å². The minimum atomic E-state index is -0.381. The maximum absolute atomic E-state index is 11.8. The van der Waals surface area contributed by atoms with Crippen LogP contribution in [0.4, 0.5) is 0 Å². The van der Waals surface area contributed by atoms with E-state index in [0.29, 0.717) is 0 Å². The van der Waals surface area contributed by atoms with E-state index in [2.05, 4.69) is 9.97 Å². The summed E-state index contributed by atoms with van der Waals surface area (Å²) in [6.07, 6.45) is 2.97. The molecule has 15 heavy (non-hydrogen) atoms. The van der Waals surface area contributed by atoms with Crippen molar-refractivity contribution >= 4 is 5.78 Å². The largest absolute Gasteiger partial charge is 0.507 e. The summed E-state index contributed by atoms with van der Waals surface area (Å²) in [6, 6.07) is 7.94. The molecule has 1 aromatic heterocycles. The van der Waals surface area contributed by atoms with Crippen LogP contribution in [0.1, 0.15) is 16.2 Å². The fraction of sp³-hybridized carbons (Fsp3) is 0. The molecule has 4 heteroatoms. The van der Waals surface area contributed by atoms with Gasteiger partial charge in [0, 0.05) is 12.4 Å². The van der Waals surface area contributed by atoms with Gasteiger partial charge in [-0.1, -0.05) is 12.1 Å². The lowest BCUT2D eigenvalue weighted by molar-refractivity contribution is 0.102. The van der Waals surface area contributed by atoms with Crippen molar-refractivity contribution in [3.05, 3.63) is 54.1 Å². The first-order valence-corrected chi connectivity index (χ1v) is 4.39. The Morgan fingerprint density at radius 1 is 1.07 bits per heavy atom. The molecule has 0 fully saturated rings. The van der Waals surface area contributed by atoms with Gasteiger partial charge in [-0.2, -0.15) is 0 Å². The van der Waals surface area contributed by atoms with Gasteiger partial charge >= 0.3 is 0 Å². The maximum Gasteiger partial charge on any atom is 0.233 e. The van der Waals surface area contributed by atoms with E-state index in [9.17, 15) is 9.90 Å². The molecule has 2 rings (SSSR count). The number of nitrogens with zero attached hydrogens (tertiary/aromatic N) is 2. The molecule has 74 valence electrons. The van der Waals surface area contributed by atoms with Gasteiger partial charge < -0.3 is 5.11 Å². The van der Waals surface area contributed by atoms with Crippen molar-refractivity contribution in [1.29, 1.82) is 0 Å². The lowest BCUT2D eigenvalue weighted by Crippen LogP contribution is -2.06. The lowest BCUT2D eigenvalue weighted by Gasteiger charge is -2.01. The fourth-order valence-corrected chi connectivity index (χ4v) is 1.20. The normalized spacial score (nSPS) is 9.87. The summed E-state index contributed by atoms with van der Waals surface area (Å²) in [6.45, 7) is 0. The summed E-state index contributed by atoms with van der Waals surface area (Å²) < 4.78 is 0. The molecule has 0 saturated heterocycles. The molecule has 0 aliphatic carbocycles. The number of aromatic nitrogens is 2. The van der Waals surface area contributed by atoms with Gasteiger partial charge in [-0.3, -0.25) is 4.79 Å². The number of carbonyl (C=O) groups is 1. The summed E-state index contributed by atoms with van der Waals surface area (Å²) in [5.41, 5.74) is 0.212. The van der Waals surface area contributed by atoms with E-state index in [1.54, 1.807) is 18.2 Å². The fourth-order valence-electron chi connectivity index (χ4n) is 1.20. The zero-order chi connectivity index (χ0) is 10.7. The van der Waals surface area contributed by atoms with Gasteiger partial charge in [0.25, 0.3) is 0 Å². The maximum atomic E-state index is 11.8. The Bertz CT molecular complexity index is 483. The first-order chi connectivity index (χ1) is 7.29. The number of phenols is 1. The zero-order valence-electron chi connectivity index (χ0n) is 7.79. The van der Waals surface area contributed by atoms with Gasteiger partial charge in [0.1, 0.15) is 5.75 Å². The van der Waals surface area contributed by atoms with E-state index in [-0.39, 0.29) is 22.9 Å². The molecule has 0 saturated carbocycles. The van der Waals surface area contributed by atoms with Gasteiger partial charge in [-0.15, -0.1) is 0 Å². The van der Waals surface area contributed by atoms with Crippen LogP contribution in [0.3, 0.4) is 0 Å². The van der Waals surface area contributed by atoms with Gasteiger partial charge in [-0.05, 0) is 18.2 Å². The van der Waals surface area contributed by atoms with Crippen molar-refractivity contribution in [2.45, 2.75) is 0 Å². The summed E-state index contributed by atoms with van der Waals surface area (Å²) in [7, 11) is 0. The summed E-state index contributed by atoms with van der Waals surface area (Å²) in [5, 5.41) is 9.47. The van der Waals surface area contributed by atoms with E-state index < -0.39 is 0 Å². The van der Waals surface area contributed by atoms with Crippen LogP contribution in [0.15, 0.2) is 42.7 Å². The number of para-hydroxylation sites is 1. The quantitative estimate of drug-likeness (QED) is 0.744. The van der Waals surface area contributed by atoms with Gasteiger partial charge in [-0.25, -0.2) is 9.97 Å². The van der Waals surface area contributed by atoms with E-state index in [4.69, 9.17) is 0 Å². The van der Waals surface area contributed by atoms with E-state index in [1.807, 2.05) is 0 Å². The first-order valence-electron chi connectivity index (χ1n) is 4.39. The van der Waals surface area contributed by atoms with Crippen LogP contribution in [0.25, 0.3) is 0 Å². The molecule has 0 aliphatic rings. The Morgan fingerprint density at radius 3 is 2.40 bits per heavy atom. The van der Waals surface area contributed by atoms with Crippen LogP contribution >= 0.6 is 0 Å². The van der Waals surface area contributed by atoms with Crippen LogP contribution < -0.4 is 0 Å². The second kappa shape index (κ2) is 3.88. The SMILES string of the molecule is O=C(c1ncccn1)c1ccccc1O. The highest BCUT2D eigenvalue weighted by Crippen LogP contribution is 2.17. The Hall–Kier alpha value is -2.23. The molecule has 0 atom stereocenters. The molecule has 1 N–H and O–H groups in total. The van der Waals surface area contributed by atoms with Gasteiger partial charge in [0.05, 0.1) is 5.56 Å². The minimum absolute atomic E-state index is 0.0602. The number of carbonyl (C=O) groups excluding carboxylic acids is 1. The van der Waals surface area contributed by atoms with E-state index in [0.717, 1.165) is 0 Å². The molecular weight excluding hydrogens is 192 g/mol. The number of phenolic OH excluding ortho intramolecular Hbond substituents is 1. The Balaban J connectivity index is 2.42. The van der Waals surface area contributed by atoms with Crippen LogP contribution in [-0.2, 0) is 0 Å². The summed E-state index contributed by atoms with van der Waals surface area (Å²) >= 11 is 0. The van der Waals surface area contributed by atoms with Crippen LogP contribution in [-0.4, -0.2) is 20.9 Å². The molecular formula is C11H8N2O2. The highest BCUT2D eigenvalue weighted by molar-refractivity contribution is 6.08. The van der Waals surface area contributed by atoms with E-state index >= 15 is 0 Å². The van der Waals surface area contributed by atoms with Gasteiger partial charge in [0.2, 0.25) is 11.6 Å². The van der Waals surface area contributed by atoms with Crippen molar-refractivity contribution < 1.29 is 9.90 Å². The molecule has 0 spiro atoms. The molecule has 0 radical (unpaired) electrons. The molecule has 0 amide bonds. The topological polar surface area (TPSA) is 63.1 Å². The summed E-state index contributed by atoms with van der Waals surface area (Å²) in [5.74, 6) is -0.359. The molecule has 0 bridgehead atoms. The Morgan fingerprint density at radius 2 is 1.73 bits per heavy atom. The Labute approximate surface area is 86.2 Å². The third kappa shape index (κ3) is 1.83. The molecule has 2 aromatic rings. The highest BCUT2D eigenvalue weighted by Gasteiger charge is 2.14. The number of ketones is 1. The molecule has 0 unspecified atom stereocenters. The number of aromatic hydroxyl groups is 1. The number of rotatable bonds is 2. The van der Waals surface area contributed by atoms with Crippen molar-refractivity contribution in [3.8, 4) is 5.75 Å². The predicted octanol–water partition coefficient (Wildman–Crippen LogP) is 1.41. The second-order valence-corrected chi connectivity index (χ2v) is 2.92. The van der Waals surface area contributed by atoms with Crippen LogP contribution in [0.2, 0.25) is 0 Å². The third-order valence-corrected chi connectivity index (χ3v) is 1.92. The highest BCUT2D eigenvalue weighted by atomic mass is 16.3. The monoisotopic (exact) mass is 200 g/mol. The van der Waals surface area contributed by atoms with E-state index in [1.165, 1.54) is 24.5 Å². The molecule has 0 aliphatic heterocycles. The molecule has 1 heterocycles. The first kappa shape index (κ1) is 9.33. The smallest absolute Gasteiger partial charge is 0.233 e. The Kier molecular flexibility index (Phi) is 2.41. The zero-order valence-corrected chi connectivity index (χ0v) is 7.79. The van der Waals surface area contributed by atoms with Crippen molar-refractivity contribution in [1.82, 2.24) is 9.97 Å².